The molecule has 0 bridgehead atoms. The van der Waals surface area contributed by atoms with E-state index in [-0.39, 0.29) is 0 Å². The third-order valence-corrected chi connectivity index (χ3v) is 2.72. The third-order valence-electron chi connectivity index (χ3n) is 2.72. The van der Waals surface area contributed by atoms with Crippen LogP contribution in [-0.2, 0) is 0 Å². The van der Waals surface area contributed by atoms with Crippen molar-refractivity contribution in [2.75, 3.05) is 7.11 Å². The highest BCUT2D eigenvalue weighted by molar-refractivity contribution is 5.64. The lowest BCUT2D eigenvalue weighted by atomic mass is 10.2. The third kappa shape index (κ3) is 1.72. The van der Waals surface area contributed by atoms with Crippen LogP contribution in [0.4, 0.5) is 0 Å². The molecule has 0 aliphatic carbocycles. The summed E-state index contributed by atoms with van der Waals surface area (Å²) in [5.41, 5.74) is 3.49. The highest BCUT2D eigenvalue weighted by Gasteiger charge is 2.09. The molecule has 2 aromatic heterocycles. The molecule has 0 spiro atoms. The summed E-state index contributed by atoms with van der Waals surface area (Å²) in [6, 6.07) is 15.0. The van der Waals surface area contributed by atoms with Crippen LogP contribution in [0, 0.1) is 13.0 Å². The van der Waals surface area contributed by atoms with Gasteiger partial charge in [0.15, 0.2) is 5.65 Å². The molecule has 0 saturated heterocycles. The molecule has 0 amide bonds. The molecule has 1 aromatic carbocycles. The molecule has 0 unspecified atom stereocenters. The number of nitrogens with zero attached hydrogens (tertiary/aromatic N) is 3. The van der Waals surface area contributed by atoms with Crippen molar-refractivity contribution in [1.29, 1.82) is 0 Å². The SMILES string of the molecule is COc1[c]c(C)nc2cc(-c3ccccc3)nn12. The van der Waals surface area contributed by atoms with Gasteiger partial charge in [0.25, 0.3) is 0 Å². The summed E-state index contributed by atoms with van der Waals surface area (Å²) in [5.74, 6) is 0.569. The fourth-order valence-electron chi connectivity index (χ4n) is 1.90. The van der Waals surface area contributed by atoms with Crippen molar-refractivity contribution in [2.45, 2.75) is 6.92 Å². The number of aryl methyl sites for hydroxylation is 1. The van der Waals surface area contributed by atoms with Crippen LogP contribution in [0.3, 0.4) is 0 Å². The minimum absolute atomic E-state index is 0.569. The number of hydrogen-bond acceptors (Lipinski definition) is 3. The second kappa shape index (κ2) is 4.14. The van der Waals surface area contributed by atoms with Crippen molar-refractivity contribution >= 4 is 5.65 Å². The summed E-state index contributed by atoms with van der Waals surface area (Å²) in [7, 11) is 1.61. The first-order valence-electron chi connectivity index (χ1n) is 5.67. The second-order valence-electron chi connectivity index (χ2n) is 4.00. The largest absolute Gasteiger partial charge is 0.480 e. The van der Waals surface area contributed by atoms with Crippen LogP contribution < -0.4 is 4.74 Å². The van der Waals surface area contributed by atoms with Gasteiger partial charge in [0.1, 0.15) is 0 Å². The summed E-state index contributed by atoms with van der Waals surface area (Å²) in [5, 5.41) is 4.49. The molecule has 89 valence electrons. The first-order chi connectivity index (χ1) is 8.78. The molecule has 0 saturated carbocycles. The Balaban J connectivity index is 2.23. The Hall–Kier alpha value is -2.36. The van der Waals surface area contributed by atoms with E-state index in [1.807, 2.05) is 43.3 Å². The van der Waals surface area contributed by atoms with Gasteiger partial charge in [-0.15, -0.1) is 0 Å². The molecule has 18 heavy (non-hydrogen) atoms. The van der Waals surface area contributed by atoms with Crippen molar-refractivity contribution in [1.82, 2.24) is 14.6 Å². The molecule has 0 aliphatic rings. The van der Waals surface area contributed by atoms with E-state index in [9.17, 15) is 0 Å². The second-order valence-corrected chi connectivity index (χ2v) is 4.00. The Labute approximate surface area is 105 Å². The van der Waals surface area contributed by atoms with Crippen molar-refractivity contribution in [2.24, 2.45) is 0 Å². The van der Waals surface area contributed by atoms with E-state index in [1.165, 1.54) is 0 Å². The van der Waals surface area contributed by atoms with E-state index < -0.39 is 0 Å². The highest BCUT2D eigenvalue weighted by atomic mass is 16.5. The highest BCUT2D eigenvalue weighted by Crippen LogP contribution is 2.21. The zero-order chi connectivity index (χ0) is 12.5. The van der Waals surface area contributed by atoms with Crippen LogP contribution in [-0.4, -0.2) is 21.7 Å². The zero-order valence-corrected chi connectivity index (χ0v) is 10.2. The lowest BCUT2D eigenvalue weighted by Gasteiger charge is -2.02. The number of rotatable bonds is 2. The van der Waals surface area contributed by atoms with E-state index in [1.54, 1.807) is 11.6 Å². The van der Waals surface area contributed by atoms with Crippen molar-refractivity contribution < 1.29 is 4.74 Å². The molecule has 1 radical (unpaired) electrons. The number of benzene rings is 1. The standard InChI is InChI=1S/C14H12N3O/c1-10-8-14(18-2)17-13(15-10)9-12(16-17)11-6-4-3-5-7-11/h3-7,9H,1-2H3. The molecule has 0 atom stereocenters. The number of aromatic nitrogens is 3. The summed E-state index contributed by atoms with van der Waals surface area (Å²) in [4.78, 5) is 4.40. The van der Waals surface area contributed by atoms with Crippen LogP contribution >= 0.6 is 0 Å². The number of hydrogen-bond donors (Lipinski definition) is 0. The van der Waals surface area contributed by atoms with E-state index in [4.69, 9.17) is 4.74 Å². The molecule has 4 heteroatoms. The van der Waals surface area contributed by atoms with Crippen LogP contribution in [0.25, 0.3) is 16.9 Å². The maximum Gasteiger partial charge on any atom is 0.226 e. The molecule has 3 rings (SSSR count). The Kier molecular flexibility index (Phi) is 2.48. The summed E-state index contributed by atoms with van der Waals surface area (Å²) < 4.78 is 6.92. The van der Waals surface area contributed by atoms with E-state index >= 15 is 0 Å². The van der Waals surface area contributed by atoms with Gasteiger partial charge in [-0.3, -0.25) is 0 Å². The molecule has 0 N–H and O–H groups in total. The number of fused-ring (bicyclic) bond motifs is 1. The van der Waals surface area contributed by atoms with Gasteiger partial charge in [0.05, 0.1) is 24.6 Å². The molecule has 0 aliphatic heterocycles. The van der Waals surface area contributed by atoms with Crippen LogP contribution in [0.15, 0.2) is 36.4 Å². The lowest BCUT2D eigenvalue weighted by molar-refractivity contribution is 0.383. The molecular weight excluding hydrogens is 226 g/mol. The summed E-state index contributed by atoms with van der Waals surface area (Å²) in [6.45, 7) is 1.89. The molecular formula is C14H12N3O. The van der Waals surface area contributed by atoms with Gasteiger partial charge in [0.2, 0.25) is 5.88 Å². The van der Waals surface area contributed by atoms with Crippen molar-refractivity contribution in [3.63, 3.8) is 0 Å². The fourth-order valence-corrected chi connectivity index (χ4v) is 1.90. The number of methoxy groups -OCH3 is 1. The van der Waals surface area contributed by atoms with Crippen molar-refractivity contribution in [3.05, 3.63) is 48.2 Å². The van der Waals surface area contributed by atoms with Gasteiger partial charge in [-0.05, 0) is 6.92 Å². The van der Waals surface area contributed by atoms with E-state index in [0.717, 1.165) is 22.6 Å². The van der Waals surface area contributed by atoms with Crippen molar-refractivity contribution in [3.8, 4) is 17.1 Å². The average Bonchev–Trinajstić information content (AvgIpc) is 2.82. The quantitative estimate of drug-likeness (QED) is 0.688. The first kappa shape index (κ1) is 10.8. The topological polar surface area (TPSA) is 39.4 Å². The van der Waals surface area contributed by atoms with Crippen LogP contribution in [0.5, 0.6) is 5.88 Å². The molecule has 0 fully saturated rings. The smallest absolute Gasteiger partial charge is 0.226 e. The van der Waals surface area contributed by atoms with E-state index in [2.05, 4.69) is 16.1 Å². The zero-order valence-electron chi connectivity index (χ0n) is 10.2. The van der Waals surface area contributed by atoms with Gasteiger partial charge in [-0.2, -0.15) is 9.61 Å². The monoisotopic (exact) mass is 238 g/mol. The number of ether oxygens (including phenoxy) is 1. The molecule has 3 aromatic rings. The van der Waals surface area contributed by atoms with Gasteiger partial charge in [0, 0.05) is 11.6 Å². The normalized spacial score (nSPS) is 10.8. The maximum atomic E-state index is 5.26. The first-order valence-corrected chi connectivity index (χ1v) is 5.67. The van der Waals surface area contributed by atoms with E-state index in [0.29, 0.717) is 5.88 Å². The van der Waals surface area contributed by atoms with Gasteiger partial charge in [-0.25, -0.2) is 4.98 Å². The van der Waals surface area contributed by atoms with Crippen LogP contribution in [0.2, 0.25) is 0 Å². The molecule has 2 heterocycles. The molecule has 4 nitrogen and oxygen atoms in total. The van der Waals surface area contributed by atoms with Gasteiger partial charge < -0.3 is 4.74 Å². The Morgan fingerprint density at radius 2 is 2.00 bits per heavy atom. The van der Waals surface area contributed by atoms with Gasteiger partial charge >= 0.3 is 0 Å². The summed E-state index contributed by atoms with van der Waals surface area (Å²) in [6.07, 6.45) is 0. The predicted octanol–water partition coefficient (Wildman–Crippen LogP) is 2.51. The minimum Gasteiger partial charge on any atom is -0.480 e. The summed E-state index contributed by atoms with van der Waals surface area (Å²) >= 11 is 0. The fraction of sp³-hybridized carbons (Fsp3) is 0.143. The maximum absolute atomic E-state index is 5.26. The Morgan fingerprint density at radius 1 is 1.22 bits per heavy atom. The predicted molar refractivity (Wildman–Crippen MR) is 68.5 cm³/mol. The van der Waals surface area contributed by atoms with Gasteiger partial charge in [-0.1, -0.05) is 30.3 Å². The minimum atomic E-state index is 0.569. The Bertz CT molecular complexity index is 689. The lowest BCUT2D eigenvalue weighted by Crippen LogP contribution is -1.99. The van der Waals surface area contributed by atoms with Crippen LogP contribution in [0.1, 0.15) is 5.69 Å². The average molecular weight is 238 g/mol. The Morgan fingerprint density at radius 3 is 2.72 bits per heavy atom.